The molecular weight excluding hydrogens is 312 g/mol. The minimum atomic E-state index is -1.02. The molecule has 2 N–H and O–H groups in total. The van der Waals surface area contributed by atoms with Crippen molar-refractivity contribution >= 4 is 23.2 Å². The molecule has 0 fully saturated rings. The smallest absolute Gasteiger partial charge is 0.326 e. The first-order valence-corrected chi connectivity index (χ1v) is 8.42. The number of aromatic nitrogens is 1. The number of aryl methyl sites for hydroxylation is 1. The van der Waals surface area contributed by atoms with Crippen molar-refractivity contribution in [3.05, 3.63) is 40.2 Å². The highest BCUT2D eigenvalue weighted by Gasteiger charge is 2.26. The van der Waals surface area contributed by atoms with Gasteiger partial charge in [0, 0.05) is 10.9 Å². The molecule has 2 unspecified atom stereocenters. The average Bonchev–Trinajstić information content (AvgIpc) is 3.05. The fraction of sp³-hybridized carbons (Fsp3) is 0.353. The zero-order valence-corrected chi connectivity index (χ0v) is 14.2. The Bertz CT molecular complexity index is 698. The summed E-state index contributed by atoms with van der Waals surface area (Å²) in [7, 11) is 0. The van der Waals surface area contributed by atoms with Crippen LogP contribution in [0.25, 0.3) is 11.3 Å². The van der Waals surface area contributed by atoms with E-state index >= 15 is 0 Å². The number of hydrogen-bond acceptors (Lipinski definition) is 4. The predicted molar refractivity (Wildman–Crippen MR) is 90.6 cm³/mol. The normalized spacial score (nSPS) is 13.3. The fourth-order valence-electron chi connectivity index (χ4n) is 2.27. The van der Waals surface area contributed by atoms with Crippen LogP contribution in [0.4, 0.5) is 0 Å². The summed E-state index contributed by atoms with van der Waals surface area (Å²) in [6.07, 6.45) is 0.672. The van der Waals surface area contributed by atoms with E-state index in [1.807, 2.05) is 30.7 Å². The van der Waals surface area contributed by atoms with Gasteiger partial charge in [0.05, 0.1) is 17.0 Å². The molecule has 0 spiro atoms. The molecule has 0 aliphatic carbocycles. The second-order valence-corrected chi connectivity index (χ2v) is 6.30. The van der Waals surface area contributed by atoms with Gasteiger partial charge in [-0.2, -0.15) is 11.3 Å². The van der Waals surface area contributed by atoms with E-state index in [4.69, 9.17) is 0 Å². The number of hydrogen-bond donors (Lipinski definition) is 2. The van der Waals surface area contributed by atoms with Crippen LogP contribution in [0.1, 0.15) is 36.3 Å². The Morgan fingerprint density at radius 2 is 2.09 bits per heavy atom. The van der Waals surface area contributed by atoms with E-state index in [-0.39, 0.29) is 5.92 Å². The van der Waals surface area contributed by atoms with Crippen molar-refractivity contribution in [3.63, 3.8) is 0 Å². The van der Waals surface area contributed by atoms with Crippen molar-refractivity contribution in [2.24, 2.45) is 5.92 Å². The highest BCUT2D eigenvalue weighted by atomic mass is 32.1. The Balaban J connectivity index is 2.21. The van der Waals surface area contributed by atoms with Gasteiger partial charge in [0.2, 0.25) is 0 Å². The van der Waals surface area contributed by atoms with Crippen LogP contribution < -0.4 is 5.32 Å². The van der Waals surface area contributed by atoms with Crippen LogP contribution in [-0.4, -0.2) is 28.0 Å². The summed E-state index contributed by atoms with van der Waals surface area (Å²) in [5, 5.41) is 15.8. The SMILES string of the molecule is CCC(C)C(NC(=O)c1ccc(-c2ccsc2)nc1C)C(=O)O. The highest BCUT2D eigenvalue weighted by molar-refractivity contribution is 7.08. The van der Waals surface area contributed by atoms with Crippen LogP contribution >= 0.6 is 11.3 Å². The van der Waals surface area contributed by atoms with Crippen molar-refractivity contribution in [1.29, 1.82) is 0 Å². The van der Waals surface area contributed by atoms with Gasteiger partial charge < -0.3 is 10.4 Å². The molecule has 0 bridgehead atoms. The first-order chi connectivity index (χ1) is 10.9. The van der Waals surface area contributed by atoms with E-state index in [0.717, 1.165) is 11.3 Å². The highest BCUT2D eigenvalue weighted by Crippen LogP contribution is 2.21. The van der Waals surface area contributed by atoms with Crippen molar-refractivity contribution < 1.29 is 14.7 Å². The Morgan fingerprint density at radius 1 is 1.35 bits per heavy atom. The third-order valence-corrected chi connectivity index (χ3v) is 4.60. The Kier molecular flexibility index (Phi) is 5.50. The van der Waals surface area contributed by atoms with Gasteiger partial charge in [0.15, 0.2) is 0 Å². The summed E-state index contributed by atoms with van der Waals surface area (Å²) < 4.78 is 0. The number of carbonyl (C=O) groups excluding carboxylic acids is 1. The van der Waals surface area contributed by atoms with Gasteiger partial charge in [-0.3, -0.25) is 9.78 Å². The van der Waals surface area contributed by atoms with Gasteiger partial charge >= 0.3 is 5.97 Å². The summed E-state index contributed by atoms with van der Waals surface area (Å²) in [5.74, 6) is -1.57. The van der Waals surface area contributed by atoms with E-state index in [1.54, 1.807) is 30.4 Å². The average molecular weight is 332 g/mol. The number of amides is 1. The van der Waals surface area contributed by atoms with Crippen LogP contribution in [-0.2, 0) is 4.79 Å². The van der Waals surface area contributed by atoms with E-state index < -0.39 is 17.9 Å². The largest absolute Gasteiger partial charge is 0.480 e. The zero-order chi connectivity index (χ0) is 17.0. The number of carbonyl (C=O) groups is 2. The van der Waals surface area contributed by atoms with E-state index in [9.17, 15) is 14.7 Å². The third kappa shape index (κ3) is 3.96. The summed E-state index contributed by atoms with van der Waals surface area (Å²) in [5.41, 5.74) is 2.79. The van der Waals surface area contributed by atoms with Crippen LogP contribution in [0, 0.1) is 12.8 Å². The number of thiophene rings is 1. The van der Waals surface area contributed by atoms with Gasteiger partial charge in [-0.1, -0.05) is 20.3 Å². The first-order valence-electron chi connectivity index (χ1n) is 7.48. The third-order valence-electron chi connectivity index (χ3n) is 3.91. The molecule has 0 aliphatic heterocycles. The Hall–Kier alpha value is -2.21. The number of pyridine rings is 1. The molecule has 23 heavy (non-hydrogen) atoms. The van der Waals surface area contributed by atoms with E-state index in [0.29, 0.717) is 17.7 Å². The molecule has 2 rings (SSSR count). The number of nitrogens with zero attached hydrogens (tertiary/aromatic N) is 1. The number of carboxylic acid groups (broad SMARTS) is 1. The maximum atomic E-state index is 12.4. The number of rotatable bonds is 6. The molecule has 0 saturated heterocycles. The first kappa shape index (κ1) is 17.1. The summed E-state index contributed by atoms with van der Waals surface area (Å²) >= 11 is 1.58. The molecule has 122 valence electrons. The molecule has 2 aromatic rings. The monoisotopic (exact) mass is 332 g/mol. The van der Waals surface area contributed by atoms with Crippen molar-refractivity contribution in [2.75, 3.05) is 0 Å². The molecule has 0 aliphatic rings. The van der Waals surface area contributed by atoms with Gasteiger partial charge in [-0.05, 0) is 36.4 Å². The number of aliphatic carboxylic acids is 1. The lowest BCUT2D eigenvalue weighted by Crippen LogP contribution is -2.45. The van der Waals surface area contributed by atoms with Crippen LogP contribution in [0.2, 0.25) is 0 Å². The molecule has 6 heteroatoms. The Morgan fingerprint density at radius 3 is 2.61 bits per heavy atom. The molecule has 5 nitrogen and oxygen atoms in total. The second-order valence-electron chi connectivity index (χ2n) is 5.52. The quantitative estimate of drug-likeness (QED) is 0.850. The van der Waals surface area contributed by atoms with Gasteiger partial charge in [0.25, 0.3) is 5.91 Å². The van der Waals surface area contributed by atoms with Gasteiger partial charge in [-0.25, -0.2) is 4.79 Å². The summed E-state index contributed by atoms with van der Waals surface area (Å²) in [6.45, 7) is 5.46. The molecule has 2 atom stereocenters. The maximum absolute atomic E-state index is 12.4. The van der Waals surface area contributed by atoms with E-state index in [1.165, 1.54) is 0 Å². The molecule has 0 aromatic carbocycles. The molecule has 2 heterocycles. The second kappa shape index (κ2) is 7.37. The standard InChI is InChI=1S/C17H20N2O3S/c1-4-10(2)15(17(21)22)19-16(20)13-5-6-14(18-11(13)3)12-7-8-23-9-12/h5-10,15H,4H2,1-3H3,(H,19,20)(H,21,22). The summed E-state index contributed by atoms with van der Waals surface area (Å²) in [4.78, 5) is 28.2. The number of nitrogens with one attached hydrogen (secondary N) is 1. The lowest BCUT2D eigenvalue weighted by molar-refractivity contribution is -0.140. The van der Waals surface area contributed by atoms with Crippen LogP contribution in [0.5, 0.6) is 0 Å². The molecule has 0 saturated carbocycles. The fourth-order valence-corrected chi connectivity index (χ4v) is 2.92. The predicted octanol–water partition coefficient (Wildman–Crippen LogP) is 3.35. The lowest BCUT2D eigenvalue weighted by atomic mass is 9.98. The van der Waals surface area contributed by atoms with Crippen molar-refractivity contribution in [1.82, 2.24) is 10.3 Å². The maximum Gasteiger partial charge on any atom is 0.326 e. The molecular formula is C17H20N2O3S. The van der Waals surface area contributed by atoms with Crippen molar-refractivity contribution in [2.45, 2.75) is 33.2 Å². The Labute approximate surface area is 139 Å². The van der Waals surface area contributed by atoms with Gasteiger partial charge in [-0.15, -0.1) is 0 Å². The topological polar surface area (TPSA) is 79.3 Å². The minimum Gasteiger partial charge on any atom is -0.480 e. The zero-order valence-electron chi connectivity index (χ0n) is 13.4. The van der Waals surface area contributed by atoms with E-state index in [2.05, 4.69) is 10.3 Å². The molecule has 2 aromatic heterocycles. The summed E-state index contributed by atoms with van der Waals surface area (Å²) in [6, 6.07) is 4.54. The van der Waals surface area contributed by atoms with Crippen molar-refractivity contribution in [3.8, 4) is 11.3 Å². The number of carboxylic acids is 1. The lowest BCUT2D eigenvalue weighted by Gasteiger charge is -2.20. The van der Waals surface area contributed by atoms with Gasteiger partial charge in [0.1, 0.15) is 6.04 Å². The van der Waals surface area contributed by atoms with Crippen LogP contribution in [0.3, 0.4) is 0 Å². The minimum absolute atomic E-state index is 0.144. The molecule has 1 amide bonds. The molecule has 0 radical (unpaired) electrons. The van der Waals surface area contributed by atoms with Crippen LogP contribution in [0.15, 0.2) is 29.0 Å².